The van der Waals surface area contributed by atoms with E-state index in [-0.39, 0.29) is 12.4 Å². The van der Waals surface area contributed by atoms with E-state index >= 15 is 0 Å². The molecule has 0 bridgehead atoms. The molecule has 0 fully saturated rings. The predicted octanol–water partition coefficient (Wildman–Crippen LogP) is 0.660. The minimum Gasteiger partial charge on any atom is -0.372 e. The number of hydrogen-bond donors (Lipinski definition) is 1. The van der Waals surface area contributed by atoms with E-state index in [0.29, 0.717) is 19.6 Å². The van der Waals surface area contributed by atoms with Crippen LogP contribution in [0.1, 0.15) is 5.69 Å². The molecular weight excluding hydrogens is 230 g/mol. The number of nitrogens with two attached hydrogens (primary N) is 1. The third-order valence-electron chi connectivity index (χ3n) is 2.72. The third kappa shape index (κ3) is 2.75. The van der Waals surface area contributed by atoms with E-state index in [1.165, 1.54) is 0 Å². The fourth-order valence-corrected chi connectivity index (χ4v) is 1.93. The minimum absolute atomic E-state index is 0.0207. The Morgan fingerprint density at radius 3 is 3.00 bits per heavy atom. The van der Waals surface area contributed by atoms with Crippen LogP contribution in [0.5, 0.6) is 0 Å². The summed E-state index contributed by atoms with van der Waals surface area (Å²) in [6.07, 6.45) is 0.298. The molecule has 5 nitrogen and oxygen atoms in total. The molecule has 2 N–H and O–H groups in total. The number of aromatic nitrogens is 2. The lowest BCUT2D eigenvalue weighted by Crippen LogP contribution is -2.16. The Kier molecular flexibility index (Phi) is 4.07. The maximum atomic E-state index is 11.7. The quantitative estimate of drug-likeness (QED) is 0.761. The molecule has 0 amide bonds. The summed E-state index contributed by atoms with van der Waals surface area (Å²) in [5.74, 6) is 0.0207. The van der Waals surface area contributed by atoms with Crippen molar-refractivity contribution in [2.75, 3.05) is 19.8 Å². The number of nitrogens with zero attached hydrogens (tertiary/aromatic N) is 2. The Labute approximate surface area is 106 Å². The van der Waals surface area contributed by atoms with Crippen LogP contribution in [0.4, 0.5) is 0 Å². The van der Waals surface area contributed by atoms with Gasteiger partial charge in [-0.05, 0) is 6.07 Å². The van der Waals surface area contributed by atoms with Crippen LogP contribution < -0.4 is 5.73 Å². The molecule has 5 heteroatoms. The van der Waals surface area contributed by atoms with Gasteiger partial charge in [0.1, 0.15) is 6.61 Å². The van der Waals surface area contributed by atoms with Gasteiger partial charge in [0.25, 0.3) is 0 Å². The molecular formula is C13H17N3O2. The van der Waals surface area contributed by atoms with E-state index in [1.54, 1.807) is 4.68 Å². The lowest BCUT2D eigenvalue weighted by Gasteiger charge is -2.00. The fraction of sp³-hybridized carbons (Fsp3) is 0.385. The number of hydrogen-bond acceptors (Lipinski definition) is 4. The van der Waals surface area contributed by atoms with E-state index in [4.69, 9.17) is 10.5 Å². The summed E-state index contributed by atoms with van der Waals surface area (Å²) in [4.78, 5) is 11.7. The molecule has 1 aromatic carbocycles. The van der Waals surface area contributed by atoms with Gasteiger partial charge in [-0.3, -0.25) is 9.48 Å². The van der Waals surface area contributed by atoms with Gasteiger partial charge < -0.3 is 10.5 Å². The highest BCUT2D eigenvalue weighted by molar-refractivity contribution is 5.89. The number of fused-ring (bicyclic) bond motifs is 1. The average Bonchev–Trinajstić information content (AvgIpc) is 2.67. The molecule has 0 atom stereocenters. The van der Waals surface area contributed by atoms with Crippen molar-refractivity contribution in [2.24, 2.45) is 12.8 Å². The standard InChI is InChI=1S/C13H17N3O2/c1-16-13-5-3-2-4-11(13)12(15-16)8-10(17)9-18-7-6-14/h2-5H,6-9,14H2,1H3. The highest BCUT2D eigenvalue weighted by Crippen LogP contribution is 2.17. The SMILES string of the molecule is Cn1nc(CC(=O)COCCN)c2ccccc21. The normalized spacial score (nSPS) is 11.0. The topological polar surface area (TPSA) is 70.1 Å². The second-order valence-electron chi connectivity index (χ2n) is 4.14. The summed E-state index contributed by atoms with van der Waals surface area (Å²) in [5.41, 5.74) is 7.12. The Morgan fingerprint density at radius 2 is 2.22 bits per heavy atom. The number of rotatable bonds is 6. The lowest BCUT2D eigenvalue weighted by molar-refractivity contribution is -0.122. The zero-order chi connectivity index (χ0) is 13.0. The van der Waals surface area contributed by atoms with Crippen molar-refractivity contribution in [1.29, 1.82) is 0 Å². The number of ether oxygens (including phenoxy) is 1. The number of ketones is 1. The monoisotopic (exact) mass is 247 g/mol. The summed E-state index contributed by atoms with van der Waals surface area (Å²) in [7, 11) is 1.88. The molecule has 0 aliphatic heterocycles. The summed E-state index contributed by atoms with van der Waals surface area (Å²) < 4.78 is 6.92. The van der Waals surface area contributed by atoms with Gasteiger partial charge in [-0.1, -0.05) is 18.2 Å². The first-order valence-corrected chi connectivity index (χ1v) is 5.92. The molecule has 0 saturated heterocycles. The van der Waals surface area contributed by atoms with Gasteiger partial charge in [0.05, 0.1) is 24.2 Å². The molecule has 0 unspecified atom stereocenters. The van der Waals surface area contributed by atoms with Crippen LogP contribution in [-0.2, 0) is 23.0 Å². The highest BCUT2D eigenvalue weighted by Gasteiger charge is 2.11. The van der Waals surface area contributed by atoms with E-state index in [0.717, 1.165) is 16.6 Å². The molecule has 0 radical (unpaired) electrons. The zero-order valence-corrected chi connectivity index (χ0v) is 10.4. The van der Waals surface area contributed by atoms with Crippen LogP contribution in [0, 0.1) is 0 Å². The Bertz CT molecular complexity index is 548. The third-order valence-corrected chi connectivity index (χ3v) is 2.72. The van der Waals surface area contributed by atoms with E-state index < -0.39 is 0 Å². The lowest BCUT2D eigenvalue weighted by atomic mass is 10.1. The molecule has 1 heterocycles. The molecule has 0 saturated carbocycles. The van der Waals surface area contributed by atoms with Gasteiger partial charge in [0.2, 0.25) is 0 Å². The molecule has 2 rings (SSSR count). The second kappa shape index (κ2) is 5.75. The molecule has 2 aromatic rings. The maximum absolute atomic E-state index is 11.7. The van der Waals surface area contributed by atoms with Crippen molar-refractivity contribution >= 4 is 16.7 Å². The first-order chi connectivity index (χ1) is 8.72. The summed E-state index contributed by atoms with van der Waals surface area (Å²) in [5, 5.41) is 5.39. The van der Waals surface area contributed by atoms with Crippen LogP contribution >= 0.6 is 0 Å². The molecule has 0 aliphatic rings. The predicted molar refractivity (Wildman–Crippen MR) is 69.3 cm³/mol. The number of carbonyl (C=O) groups is 1. The largest absolute Gasteiger partial charge is 0.372 e. The summed E-state index contributed by atoms with van der Waals surface area (Å²) in [6, 6.07) is 7.87. The van der Waals surface area contributed by atoms with Crippen LogP contribution in [-0.4, -0.2) is 35.3 Å². The fourth-order valence-electron chi connectivity index (χ4n) is 1.93. The Morgan fingerprint density at radius 1 is 1.44 bits per heavy atom. The first kappa shape index (κ1) is 12.7. The van der Waals surface area contributed by atoms with Gasteiger partial charge in [-0.15, -0.1) is 0 Å². The number of aryl methyl sites for hydroxylation is 1. The van der Waals surface area contributed by atoms with E-state index in [9.17, 15) is 4.79 Å². The zero-order valence-electron chi connectivity index (χ0n) is 10.4. The number of Topliss-reactive ketones (excluding diaryl/α,β-unsaturated/α-hetero) is 1. The average molecular weight is 247 g/mol. The summed E-state index contributed by atoms with van der Waals surface area (Å²) >= 11 is 0. The van der Waals surface area contributed by atoms with Crippen molar-refractivity contribution in [3.8, 4) is 0 Å². The van der Waals surface area contributed by atoms with E-state index in [2.05, 4.69) is 5.10 Å². The van der Waals surface area contributed by atoms with Gasteiger partial charge in [-0.25, -0.2) is 0 Å². The Balaban J connectivity index is 2.10. The van der Waals surface area contributed by atoms with Crippen molar-refractivity contribution in [3.63, 3.8) is 0 Å². The van der Waals surface area contributed by atoms with Gasteiger partial charge >= 0.3 is 0 Å². The van der Waals surface area contributed by atoms with Gasteiger partial charge in [0, 0.05) is 19.0 Å². The molecule has 0 aliphatic carbocycles. The van der Waals surface area contributed by atoms with Crippen molar-refractivity contribution in [3.05, 3.63) is 30.0 Å². The number of para-hydroxylation sites is 1. The van der Waals surface area contributed by atoms with E-state index in [1.807, 2.05) is 31.3 Å². The van der Waals surface area contributed by atoms with Crippen molar-refractivity contribution in [1.82, 2.24) is 9.78 Å². The number of benzene rings is 1. The summed E-state index contributed by atoms with van der Waals surface area (Å²) in [6.45, 7) is 0.941. The van der Waals surface area contributed by atoms with Gasteiger partial charge in [-0.2, -0.15) is 5.10 Å². The molecule has 96 valence electrons. The van der Waals surface area contributed by atoms with Crippen molar-refractivity contribution < 1.29 is 9.53 Å². The number of carbonyl (C=O) groups excluding carboxylic acids is 1. The minimum atomic E-state index is 0.0207. The van der Waals surface area contributed by atoms with Crippen LogP contribution in [0.3, 0.4) is 0 Å². The molecule has 1 aromatic heterocycles. The van der Waals surface area contributed by atoms with Gasteiger partial charge in [0.15, 0.2) is 5.78 Å². The van der Waals surface area contributed by atoms with Crippen LogP contribution in [0.2, 0.25) is 0 Å². The smallest absolute Gasteiger partial charge is 0.164 e. The molecule has 18 heavy (non-hydrogen) atoms. The molecule has 0 spiro atoms. The van der Waals surface area contributed by atoms with Crippen LogP contribution in [0.25, 0.3) is 10.9 Å². The van der Waals surface area contributed by atoms with Crippen LogP contribution in [0.15, 0.2) is 24.3 Å². The Hall–Kier alpha value is -1.72. The highest BCUT2D eigenvalue weighted by atomic mass is 16.5. The second-order valence-corrected chi connectivity index (χ2v) is 4.14. The van der Waals surface area contributed by atoms with Crippen molar-refractivity contribution in [2.45, 2.75) is 6.42 Å². The maximum Gasteiger partial charge on any atom is 0.164 e. The first-order valence-electron chi connectivity index (χ1n) is 5.92.